The minimum Gasteiger partial charge on any atom is -0.496 e. The van der Waals surface area contributed by atoms with E-state index in [4.69, 9.17) is 4.74 Å². The molecule has 1 amide bonds. The predicted molar refractivity (Wildman–Crippen MR) is 145 cm³/mol. The van der Waals surface area contributed by atoms with Crippen molar-refractivity contribution in [1.29, 1.82) is 0 Å². The highest BCUT2D eigenvalue weighted by atomic mass is 16.5. The summed E-state index contributed by atoms with van der Waals surface area (Å²) in [6.45, 7) is 9.85. The molecule has 0 aliphatic carbocycles. The van der Waals surface area contributed by atoms with E-state index in [1.54, 1.807) is 61.9 Å². The first kappa shape index (κ1) is 25.5. The molecule has 0 aromatic heterocycles. The standard InChI is InChI=1S/C30H35N3O3/c1-6-33-26-18-27(36-5)22(17-25(26)21(2)19-29(33,3)4)20-31-32-28(34)30(35,23-13-9-7-10-14-23)24-15-11-8-12-16-24/h7-18,20-21,35H,6,19H2,1-5H3,(H,32,34)/b31-20-. The molecule has 0 bridgehead atoms. The van der Waals surface area contributed by atoms with Gasteiger partial charge in [-0.3, -0.25) is 4.79 Å². The second-order valence-corrected chi connectivity index (χ2v) is 9.96. The molecular weight excluding hydrogens is 450 g/mol. The van der Waals surface area contributed by atoms with Gasteiger partial charge in [-0.2, -0.15) is 5.10 Å². The number of nitrogens with zero attached hydrogens (tertiary/aromatic N) is 2. The summed E-state index contributed by atoms with van der Waals surface area (Å²) in [5, 5.41) is 15.8. The lowest BCUT2D eigenvalue weighted by molar-refractivity contribution is -0.136. The van der Waals surface area contributed by atoms with Gasteiger partial charge in [0.1, 0.15) is 5.75 Å². The third-order valence-electron chi connectivity index (χ3n) is 7.13. The molecule has 3 aromatic rings. The van der Waals surface area contributed by atoms with Gasteiger partial charge in [0, 0.05) is 29.4 Å². The van der Waals surface area contributed by atoms with Crippen LogP contribution in [-0.2, 0) is 10.4 Å². The molecule has 1 heterocycles. The molecular formula is C30H35N3O3. The zero-order chi connectivity index (χ0) is 25.9. The lowest BCUT2D eigenvalue weighted by atomic mass is 9.79. The van der Waals surface area contributed by atoms with E-state index in [0.717, 1.165) is 18.5 Å². The van der Waals surface area contributed by atoms with Gasteiger partial charge in [-0.1, -0.05) is 67.6 Å². The highest BCUT2D eigenvalue weighted by molar-refractivity contribution is 5.92. The maximum absolute atomic E-state index is 13.3. The molecule has 188 valence electrons. The van der Waals surface area contributed by atoms with Gasteiger partial charge in [-0.05, 0) is 55.9 Å². The summed E-state index contributed by atoms with van der Waals surface area (Å²) in [5.41, 5.74) is 4.82. The van der Waals surface area contributed by atoms with Crippen LogP contribution in [0.3, 0.4) is 0 Å². The van der Waals surface area contributed by atoms with Gasteiger partial charge < -0.3 is 14.7 Å². The number of aliphatic hydroxyl groups is 1. The van der Waals surface area contributed by atoms with Crippen molar-refractivity contribution in [2.24, 2.45) is 5.10 Å². The van der Waals surface area contributed by atoms with Crippen molar-refractivity contribution in [3.63, 3.8) is 0 Å². The topological polar surface area (TPSA) is 74.2 Å². The van der Waals surface area contributed by atoms with Crippen molar-refractivity contribution in [1.82, 2.24) is 5.43 Å². The Morgan fingerprint density at radius 3 is 2.25 bits per heavy atom. The molecule has 1 atom stereocenters. The molecule has 4 rings (SSSR count). The number of amides is 1. The molecule has 0 fully saturated rings. The largest absolute Gasteiger partial charge is 0.496 e. The zero-order valence-corrected chi connectivity index (χ0v) is 21.7. The van der Waals surface area contributed by atoms with Crippen LogP contribution in [0.25, 0.3) is 0 Å². The van der Waals surface area contributed by atoms with E-state index in [2.05, 4.69) is 55.3 Å². The molecule has 36 heavy (non-hydrogen) atoms. The second kappa shape index (κ2) is 10.2. The quantitative estimate of drug-likeness (QED) is 0.357. The zero-order valence-electron chi connectivity index (χ0n) is 21.7. The molecule has 6 heteroatoms. The average Bonchev–Trinajstić information content (AvgIpc) is 2.88. The average molecular weight is 486 g/mol. The van der Waals surface area contributed by atoms with E-state index >= 15 is 0 Å². The van der Waals surface area contributed by atoms with E-state index in [9.17, 15) is 9.90 Å². The number of rotatable bonds is 7. The Bertz CT molecular complexity index is 1200. The minimum absolute atomic E-state index is 0.0507. The van der Waals surface area contributed by atoms with Crippen LogP contribution >= 0.6 is 0 Å². The van der Waals surface area contributed by atoms with Crippen LogP contribution in [0.2, 0.25) is 0 Å². The van der Waals surface area contributed by atoms with Gasteiger partial charge >= 0.3 is 0 Å². The number of ether oxygens (including phenoxy) is 1. The van der Waals surface area contributed by atoms with Crippen LogP contribution in [0.15, 0.2) is 77.9 Å². The van der Waals surface area contributed by atoms with Crippen molar-refractivity contribution in [3.8, 4) is 5.75 Å². The fourth-order valence-electron chi connectivity index (χ4n) is 5.43. The van der Waals surface area contributed by atoms with Crippen LogP contribution in [-0.4, -0.2) is 36.4 Å². The molecule has 0 radical (unpaired) electrons. The third-order valence-corrected chi connectivity index (χ3v) is 7.13. The first-order valence-corrected chi connectivity index (χ1v) is 12.4. The Morgan fingerprint density at radius 2 is 1.72 bits per heavy atom. The summed E-state index contributed by atoms with van der Waals surface area (Å²) >= 11 is 0. The summed E-state index contributed by atoms with van der Waals surface area (Å²) in [7, 11) is 1.63. The van der Waals surface area contributed by atoms with Gasteiger partial charge in [0.15, 0.2) is 5.60 Å². The number of hydrogen-bond donors (Lipinski definition) is 2. The Labute approximate surface area is 213 Å². The van der Waals surface area contributed by atoms with Crippen molar-refractivity contribution in [2.75, 3.05) is 18.6 Å². The van der Waals surface area contributed by atoms with Crippen molar-refractivity contribution in [2.45, 2.75) is 51.2 Å². The molecule has 0 spiro atoms. The van der Waals surface area contributed by atoms with Crippen LogP contribution < -0.4 is 15.1 Å². The van der Waals surface area contributed by atoms with Crippen LogP contribution in [0.5, 0.6) is 5.75 Å². The van der Waals surface area contributed by atoms with Gasteiger partial charge in [0.25, 0.3) is 5.91 Å². The molecule has 1 unspecified atom stereocenters. The van der Waals surface area contributed by atoms with Crippen molar-refractivity contribution < 1.29 is 14.6 Å². The van der Waals surface area contributed by atoms with E-state index in [1.165, 1.54) is 11.3 Å². The smallest absolute Gasteiger partial charge is 0.281 e. The summed E-state index contributed by atoms with van der Waals surface area (Å²) in [5.74, 6) is 0.406. The fourth-order valence-corrected chi connectivity index (χ4v) is 5.43. The number of fused-ring (bicyclic) bond motifs is 1. The molecule has 1 aliphatic heterocycles. The highest BCUT2D eigenvalue weighted by Gasteiger charge is 2.40. The number of carbonyl (C=O) groups excluding carboxylic acids is 1. The van der Waals surface area contributed by atoms with E-state index < -0.39 is 11.5 Å². The lowest BCUT2D eigenvalue weighted by Gasteiger charge is -2.47. The number of hydrogen-bond acceptors (Lipinski definition) is 5. The number of carbonyl (C=O) groups is 1. The molecule has 2 N–H and O–H groups in total. The molecule has 6 nitrogen and oxygen atoms in total. The van der Waals surface area contributed by atoms with Gasteiger partial charge in [-0.15, -0.1) is 0 Å². The normalized spacial score (nSPS) is 17.1. The van der Waals surface area contributed by atoms with Gasteiger partial charge in [0.2, 0.25) is 0 Å². The molecule has 0 saturated heterocycles. The summed E-state index contributed by atoms with van der Waals surface area (Å²) in [4.78, 5) is 15.7. The van der Waals surface area contributed by atoms with E-state index in [0.29, 0.717) is 22.8 Å². The van der Waals surface area contributed by atoms with Crippen LogP contribution in [0.1, 0.15) is 62.3 Å². The van der Waals surface area contributed by atoms with Crippen molar-refractivity contribution >= 4 is 17.8 Å². The van der Waals surface area contributed by atoms with Gasteiger partial charge in [0.05, 0.1) is 13.3 Å². The molecule has 3 aromatic carbocycles. The number of hydrazone groups is 1. The Kier molecular flexibility index (Phi) is 7.18. The van der Waals surface area contributed by atoms with Crippen LogP contribution in [0.4, 0.5) is 5.69 Å². The summed E-state index contributed by atoms with van der Waals surface area (Å²) in [6, 6.07) is 21.9. The molecule has 1 aliphatic rings. The number of anilines is 1. The first-order chi connectivity index (χ1) is 17.2. The lowest BCUT2D eigenvalue weighted by Crippen LogP contribution is -2.48. The SMILES string of the molecule is CCN1c2cc(OC)c(/C=N\NC(=O)C(O)(c3ccccc3)c3ccccc3)cc2C(C)CC1(C)C. The number of nitrogens with one attached hydrogen (secondary N) is 1. The fraction of sp³-hybridized carbons (Fsp3) is 0.333. The maximum Gasteiger partial charge on any atom is 0.281 e. The number of benzene rings is 3. The van der Waals surface area contributed by atoms with E-state index in [-0.39, 0.29) is 5.54 Å². The summed E-state index contributed by atoms with van der Waals surface area (Å²) < 4.78 is 5.69. The monoisotopic (exact) mass is 485 g/mol. The minimum atomic E-state index is -1.89. The third kappa shape index (κ3) is 4.61. The van der Waals surface area contributed by atoms with E-state index in [1.807, 2.05) is 12.1 Å². The Morgan fingerprint density at radius 1 is 1.14 bits per heavy atom. The Hall–Kier alpha value is -3.64. The predicted octanol–water partition coefficient (Wildman–Crippen LogP) is 5.19. The van der Waals surface area contributed by atoms with Crippen molar-refractivity contribution in [3.05, 3.63) is 95.1 Å². The van der Waals surface area contributed by atoms with Gasteiger partial charge in [-0.25, -0.2) is 5.43 Å². The molecule has 0 saturated carbocycles. The maximum atomic E-state index is 13.3. The van der Waals surface area contributed by atoms with Crippen LogP contribution in [0, 0.1) is 0 Å². The Balaban J connectivity index is 1.65. The first-order valence-electron chi connectivity index (χ1n) is 12.4. The number of methoxy groups -OCH3 is 1. The highest BCUT2D eigenvalue weighted by Crippen LogP contribution is 2.45. The summed E-state index contributed by atoms with van der Waals surface area (Å²) in [6.07, 6.45) is 2.62. The second-order valence-electron chi connectivity index (χ2n) is 9.96.